The van der Waals surface area contributed by atoms with Gasteiger partial charge in [0.2, 0.25) is 0 Å². The second-order valence-electron chi connectivity index (χ2n) is 4.90. The van der Waals surface area contributed by atoms with Crippen LogP contribution < -0.4 is 0 Å². The number of H-pyrrole nitrogens is 1. The van der Waals surface area contributed by atoms with Crippen LogP contribution in [0.3, 0.4) is 0 Å². The third-order valence-corrected chi connectivity index (χ3v) is 5.83. The molecule has 0 spiro atoms. The summed E-state index contributed by atoms with van der Waals surface area (Å²) in [6.45, 7) is 0. The van der Waals surface area contributed by atoms with Crippen molar-refractivity contribution in [2.24, 2.45) is 0 Å². The third-order valence-electron chi connectivity index (χ3n) is 3.08. The molecule has 15 heteroatoms. The number of benzene rings is 1. The summed E-state index contributed by atoms with van der Waals surface area (Å²) in [5.74, 6) is 2.13. The number of hydrogen-bond acceptors (Lipinski definition) is 5. The zero-order valence-electron chi connectivity index (χ0n) is 12.2. The molecule has 0 bridgehead atoms. The minimum absolute atomic E-state index is 0. The van der Waals surface area contributed by atoms with Crippen LogP contribution in [0.1, 0.15) is 23.4 Å². The molecule has 0 saturated heterocycles. The summed E-state index contributed by atoms with van der Waals surface area (Å²) in [7, 11) is -5.57. The Kier molecular flexibility index (Phi) is 16.5. The van der Waals surface area contributed by atoms with Crippen LogP contribution in [0.4, 0.5) is 8.78 Å². The van der Waals surface area contributed by atoms with Crippen LogP contribution in [0.25, 0.3) is 0 Å². The Morgan fingerprint density at radius 3 is 2.44 bits per heavy atom. The number of thioether (sulfide) groups is 1. The topological polar surface area (TPSA) is 112 Å². The van der Waals surface area contributed by atoms with E-state index in [9.17, 15) is 13.3 Å². The summed E-state index contributed by atoms with van der Waals surface area (Å²) >= 11 is 4.58. The fraction of sp³-hybridized carbons (Fsp3) is 0.417. The molecule has 0 aliphatic heterocycles. The van der Waals surface area contributed by atoms with Gasteiger partial charge in [0.25, 0.3) is 0 Å². The van der Waals surface area contributed by atoms with Crippen molar-refractivity contribution in [3.63, 3.8) is 0 Å². The predicted molar refractivity (Wildman–Crippen MR) is 110 cm³/mol. The molecular weight excluding hydrogens is 498 g/mol. The number of aromatic amines is 1. The molecule has 1 aromatic carbocycles. The molecule has 0 atom stereocenters. The number of hydrogen-bond donors (Lipinski definition) is 3. The van der Waals surface area contributed by atoms with Gasteiger partial charge in [-0.05, 0) is 34.2 Å². The summed E-state index contributed by atoms with van der Waals surface area (Å²) in [6.07, 6.45) is 1.58. The first-order valence-corrected chi connectivity index (χ1v) is 10.3. The van der Waals surface area contributed by atoms with Crippen LogP contribution in [-0.4, -0.2) is 125 Å². The number of aryl methyl sites for hydroxylation is 1. The Balaban J connectivity index is 0. The van der Waals surface area contributed by atoms with Crippen LogP contribution in [0, 0.1) is 0 Å². The molecular formula is C12H17BrF2N4Na3O3PS. The summed E-state index contributed by atoms with van der Waals surface area (Å²) in [5.41, 5.74) is -4.16. The van der Waals surface area contributed by atoms with E-state index in [2.05, 4.69) is 36.6 Å². The van der Waals surface area contributed by atoms with E-state index in [1.807, 2.05) is 0 Å². The van der Waals surface area contributed by atoms with Crippen molar-refractivity contribution in [2.45, 2.75) is 24.3 Å². The zero-order valence-corrected chi connectivity index (χ0v) is 15.5. The second kappa shape index (κ2) is 14.2. The number of nitrogens with one attached hydrogen (secondary N) is 1. The Morgan fingerprint density at radius 2 is 1.93 bits per heavy atom. The van der Waals surface area contributed by atoms with Crippen molar-refractivity contribution >= 4 is 124 Å². The molecule has 0 radical (unpaired) electrons. The van der Waals surface area contributed by atoms with Crippen LogP contribution in [0.5, 0.6) is 0 Å². The molecule has 0 unspecified atom stereocenters. The molecule has 2 aromatic rings. The molecule has 7 nitrogen and oxygen atoms in total. The van der Waals surface area contributed by atoms with E-state index in [4.69, 9.17) is 9.79 Å². The van der Waals surface area contributed by atoms with E-state index < -0.39 is 18.8 Å². The number of alkyl halides is 2. The molecule has 0 saturated carbocycles. The van der Waals surface area contributed by atoms with Gasteiger partial charge in [-0.2, -0.15) is 20.5 Å². The fourth-order valence-electron chi connectivity index (χ4n) is 1.87. The van der Waals surface area contributed by atoms with Gasteiger partial charge in [0.15, 0.2) is 0 Å². The number of aromatic nitrogens is 4. The molecule has 3 N–H and O–H groups in total. The summed E-state index contributed by atoms with van der Waals surface area (Å²) in [6, 6.07) is 3.93. The number of rotatable bonds is 8. The minimum atomic E-state index is -5.57. The van der Waals surface area contributed by atoms with Crippen molar-refractivity contribution in [2.75, 3.05) is 5.75 Å². The Morgan fingerprint density at radius 1 is 1.26 bits per heavy atom. The molecule has 0 aliphatic rings. The number of tetrazole rings is 1. The Bertz CT molecular complexity index is 743. The molecule has 1 heterocycles. The third kappa shape index (κ3) is 9.43. The van der Waals surface area contributed by atoms with Gasteiger partial charge in [0.1, 0.15) is 5.82 Å². The van der Waals surface area contributed by atoms with Crippen molar-refractivity contribution in [1.82, 2.24) is 20.6 Å². The summed E-state index contributed by atoms with van der Waals surface area (Å²) < 4.78 is 38.4. The number of nitrogens with zero attached hydrogens (tertiary/aromatic N) is 3. The molecule has 1 aromatic heterocycles. The standard InChI is InChI=1S/C12H14BrF2N4O3PS.3Na.3H/c13-10-6-8(3-4-9(10)12(14,15)23(20,21)22)7-24-5-1-2-11-16-18-19-17-11;;;;;;/h3-4,6H,1-2,5,7H2,(H2,20,21,22)(H,16,17,18,19);;;;;;. The van der Waals surface area contributed by atoms with Crippen LogP contribution in [0.2, 0.25) is 0 Å². The van der Waals surface area contributed by atoms with Crippen LogP contribution in [0.15, 0.2) is 22.7 Å². The van der Waals surface area contributed by atoms with Crippen molar-refractivity contribution in [3.8, 4) is 0 Å². The van der Waals surface area contributed by atoms with E-state index in [0.29, 0.717) is 11.6 Å². The van der Waals surface area contributed by atoms with Gasteiger partial charge in [-0.3, -0.25) is 4.57 Å². The van der Waals surface area contributed by atoms with Crippen molar-refractivity contribution in [1.29, 1.82) is 0 Å². The molecule has 2 rings (SSSR count). The first-order chi connectivity index (χ1) is 11.2. The van der Waals surface area contributed by atoms with Gasteiger partial charge < -0.3 is 9.79 Å². The van der Waals surface area contributed by atoms with E-state index in [0.717, 1.165) is 30.2 Å². The second-order valence-corrected chi connectivity index (χ2v) is 8.51. The summed E-state index contributed by atoms with van der Waals surface area (Å²) in [5, 5.41) is 13.4. The van der Waals surface area contributed by atoms with Gasteiger partial charge in [-0.15, -0.1) is 5.10 Å². The van der Waals surface area contributed by atoms with E-state index in [1.165, 1.54) is 12.1 Å². The average molecular weight is 515 g/mol. The van der Waals surface area contributed by atoms with Crippen molar-refractivity contribution in [3.05, 3.63) is 39.6 Å². The first-order valence-electron chi connectivity index (χ1n) is 6.74. The number of halogens is 3. The van der Waals surface area contributed by atoms with Gasteiger partial charge in [-0.1, -0.05) is 28.1 Å². The van der Waals surface area contributed by atoms with Gasteiger partial charge in [0.05, 0.1) is 0 Å². The predicted octanol–water partition coefficient (Wildman–Crippen LogP) is 1.11. The molecule has 27 heavy (non-hydrogen) atoms. The first kappa shape index (κ1) is 31.3. The Hall–Kier alpha value is 2.13. The van der Waals surface area contributed by atoms with E-state index >= 15 is 0 Å². The normalized spacial score (nSPS) is 11.1. The Labute approximate surface area is 234 Å². The SMILES string of the molecule is O=P(O)(O)C(F)(F)c1ccc(CSCCCc2nnn[nH]2)cc1Br.[NaH].[NaH].[NaH]. The summed E-state index contributed by atoms with van der Waals surface area (Å²) in [4.78, 5) is 17.6. The maximum absolute atomic E-state index is 13.7. The monoisotopic (exact) mass is 514 g/mol. The molecule has 0 fully saturated rings. The molecule has 0 aliphatic carbocycles. The average Bonchev–Trinajstić information content (AvgIpc) is 2.99. The molecule has 0 amide bonds. The van der Waals surface area contributed by atoms with E-state index in [-0.39, 0.29) is 93.1 Å². The van der Waals surface area contributed by atoms with Crippen LogP contribution in [-0.2, 0) is 22.4 Å². The zero-order chi connectivity index (χ0) is 17.8. The van der Waals surface area contributed by atoms with Gasteiger partial charge >= 0.3 is 102 Å². The fourth-order valence-corrected chi connectivity index (χ4v) is 4.11. The van der Waals surface area contributed by atoms with Crippen LogP contribution >= 0.6 is 35.3 Å². The van der Waals surface area contributed by atoms with Gasteiger partial charge in [0, 0.05) is 22.2 Å². The molecule has 138 valence electrons. The van der Waals surface area contributed by atoms with Crippen molar-refractivity contribution < 1.29 is 23.1 Å². The van der Waals surface area contributed by atoms with E-state index in [1.54, 1.807) is 11.8 Å². The quantitative estimate of drug-likeness (QED) is 0.275. The van der Waals surface area contributed by atoms with Gasteiger partial charge in [-0.25, -0.2) is 5.10 Å². The maximum atomic E-state index is 13.7.